The van der Waals surface area contributed by atoms with Gasteiger partial charge in [-0.05, 0) is 43.0 Å². The largest absolute Gasteiger partial charge is 0.466 e. The first kappa shape index (κ1) is 14.4. The monoisotopic (exact) mass is 307 g/mol. The highest BCUT2D eigenvalue weighted by Gasteiger charge is 2.57. The molecule has 0 spiro atoms. The maximum absolute atomic E-state index is 12.4. The molecule has 3 nitrogen and oxygen atoms in total. The van der Waals surface area contributed by atoms with Crippen LogP contribution < -0.4 is 0 Å². The van der Waals surface area contributed by atoms with Crippen LogP contribution in [-0.4, -0.2) is 17.6 Å². The number of carbonyl (C=O) groups is 1. The third-order valence-electron chi connectivity index (χ3n) is 4.95. The Kier molecular flexibility index (Phi) is 3.64. The molecular weight excluding hydrogens is 286 g/mol. The van der Waals surface area contributed by atoms with Crippen LogP contribution in [0.2, 0.25) is 0 Å². The average Bonchev–Trinajstić information content (AvgIpc) is 3.49. The fraction of sp³-hybridized carbons (Fsp3) is 0.400. The number of ether oxygens (including phenoxy) is 1. The Balaban J connectivity index is 1.64. The SMILES string of the molecule is CCOC(=O)C1C(c2ccccc2)C1c1ccnc(C2CC2)c1. The van der Waals surface area contributed by atoms with Crippen LogP contribution in [0.15, 0.2) is 48.7 Å². The maximum Gasteiger partial charge on any atom is 0.310 e. The Morgan fingerprint density at radius 1 is 1.13 bits per heavy atom. The number of hydrogen-bond acceptors (Lipinski definition) is 3. The summed E-state index contributed by atoms with van der Waals surface area (Å²) < 4.78 is 5.30. The number of nitrogens with zero attached hydrogens (tertiary/aromatic N) is 1. The van der Waals surface area contributed by atoms with Gasteiger partial charge in [-0.2, -0.15) is 0 Å². The van der Waals surface area contributed by atoms with E-state index in [1.807, 2.05) is 31.3 Å². The van der Waals surface area contributed by atoms with Gasteiger partial charge in [-0.25, -0.2) is 0 Å². The number of hydrogen-bond donors (Lipinski definition) is 0. The molecule has 0 N–H and O–H groups in total. The van der Waals surface area contributed by atoms with E-state index in [-0.39, 0.29) is 23.7 Å². The van der Waals surface area contributed by atoms with Crippen molar-refractivity contribution >= 4 is 5.97 Å². The van der Waals surface area contributed by atoms with E-state index in [0.717, 1.165) is 0 Å². The van der Waals surface area contributed by atoms with Crippen molar-refractivity contribution in [2.75, 3.05) is 6.61 Å². The van der Waals surface area contributed by atoms with E-state index >= 15 is 0 Å². The summed E-state index contributed by atoms with van der Waals surface area (Å²) in [5.74, 6) is 0.939. The Hall–Kier alpha value is -2.16. The van der Waals surface area contributed by atoms with Crippen LogP contribution in [0.4, 0.5) is 0 Å². The lowest BCUT2D eigenvalue weighted by molar-refractivity contribution is -0.144. The second kappa shape index (κ2) is 5.80. The molecular formula is C20H21NO2. The highest BCUT2D eigenvalue weighted by atomic mass is 16.5. The molecule has 0 bridgehead atoms. The minimum atomic E-state index is -0.0730. The number of carbonyl (C=O) groups excluding carboxylic acids is 1. The van der Waals surface area contributed by atoms with Gasteiger partial charge in [0.15, 0.2) is 0 Å². The molecule has 1 aromatic heterocycles. The molecule has 1 heterocycles. The van der Waals surface area contributed by atoms with Gasteiger partial charge < -0.3 is 4.74 Å². The molecule has 2 saturated carbocycles. The molecule has 0 aliphatic heterocycles. The number of rotatable bonds is 5. The Morgan fingerprint density at radius 3 is 2.57 bits per heavy atom. The fourth-order valence-corrected chi connectivity index (χ4v) is 3.62. The van der Waals surface area contributed by atoms with Gasteiger partial charge in [-0.3, -0.25) is 9.78 Å². The lowest BCUT2D eigenvalue weighted by Crippen LogP contribution is -2.08. The van der Waals surface area contributed by atoms with Gasteiger partial charge in [0.2, 0.25) is 0 Å². The standard InChI is InChI=1S/C20H21NO2/c1-2-23-20(22)19-17(14-6-4-3-5-7-14)18(19)15-10-11-21-16(12-15)13-8-9-13/h3-7,10-13,17-19H,2,8-9H2,1H3. The van der Waals surface area contributed by atoms with Gasteiger partial charge in [-0.15, -0.1) is 0 Å². The van der Waals surface area contributed by atoms with Gasteiger partial charge in [0.05, 0.1) is 12.5 Å². The third-order valence-corrected chi connectivity index (χ3v) is 4.95. The summed E-state index contributed by atoms with van der Waals surface area (Å²) in [4.78, 5) is 16.9. The first-order valence-electron chi connectivity index (χ1n) is 8.47. The first-order valence-corrected chi connectivity index (χ1v) is 8.47. The van der Waals surface area contributed by atoms with Gasteiger partial charge in [0.25, 0.3) is 0 Å². The lowest BCUT2D eigenvalue weighted by Gasteiger charge is -2.04. The van der Waals surface area contributed by atoms with Crippen LogP contribution >= 0.6 is 0 Å². The van der Waals surface area contributed by atoms with Crippen LogP contribution in [-0.2, 0) is 9.53 Å². The van der Waals surface area contributed by atoms with Crippen LogP contribution in [0.3, 0.4) is 0 Å². The summed E-state index contributed by atoms with van der Waals surface area (Å²) in [6, 6.07) is 14.6. The van der Waals surface area contributed by atoms with Crippen molar-refractivity contribution in [2.45, 2.75) is 37.5 Å². The van der Waals surface area contributed by atoms with Crippen LogP contribution in [0.5, 0.6) is 0 Å². The number of benzene rings is 1. The predicted molar refractivity (Wildman–Crippen MR) is 88.3 cm³/mol. The Labute approximate surface area is 136 Å². The van der Waals surface area contributed by atoms with Gasteiger partial charge in [0.1, 0.15) is 0 Å². The number of aromatic nitrogens is 1. The lowest BCUT2D eigenvalue weighted by atomic mass is 10.0. The summed E-state index contributed by atoms with van der Waals surface area (Å²) >= 11 is 0. The average molecular weight is 307 g/mol. The zero-order valence-corrected chi connectivity index (χ0v) is 13.3. The molecule has 0 radical (unpaired) electrons. The van der Waals surface area contributed by atoms with Gasteiger partial charge >= 0.3 is 5.97 Å². The van der Waals surface area contributed by atoms with Crippen molar-refractivity contribution in [3.05, 3.63) is 65.5 Å². The summed E-state index contributed by atoms with van der Waals surface area (Å²) in [5, 5.41) is 0. The topological polar surface area (TPSA) is 39.2 Å². The van der Waals surface area contributed by atoms with Crippen molar-refractivity contribution in [3.63, 3.8) is 0 Å². The molecule has 0 amide bonds. The highest BCUT2D eigenvalue weighted by molar-refractivity contribution is 5.80. The summed E-state index contributed by atoms with van der Waals surface area (Å²) in [6.07, 6.45) is 4.38. The number of esters is 1. The minimum Gasteiger partial charge on any atom is -0.466 e. The van der Waals surface area contributed by atoms with E-state index in [0.29, 0.717) is 12.5 Å². The molecule has 2 aromatic rings. The molecule has 3 heteroatoms. The van der Waals surface area contributed by atoms with Crippen LogP contribution in [0.1, 0.15) is 54.3 Å². The maximum atomic E-state index is 12.4. The molecule has 2 aliphatic rings. The molecule has 2 fully saturated rings. The van der Waals surface area contributed by atoms with Crippen molar-refractivity contribution in [1.29, 1.82) is 0 Å². The molecule has 3 atom stereocenters. The van der Waals surface area contributed by atoms with E-state index in [4.69, 9.17) is 4.74 Å². The fourth-order valence-electron chi connectivity index (χ4n) is 3.62. The minimum absolute atomic E-state index is 0.0631. The summed E-state index contributed by atoms with van der Waals surface area (Å²) in [7, 11) is 0. The van der Waals surface area contributed by atoms with Crippen molar-refractivity contribution in [1.82, 2.24) is 4.98 Å². The van der Waals surface area contributed by atoms with E-state index in [1.54, 1.807) is 0 Å². The van der Waals surface area contributed by atoms with E-state index < -0.39 is 0 Å². The molecule has 3 unspecified atom stereocenters. The molecule has 2 aliphatic carbocycles. The summed E-state index contributed by atoms with van der Waals surface area (Å²) in [6.45, 7) is 2.30. The van der Waals surface area contributed by atoms with E-state index in [1.165, 1.54) is 29.7 Å². The first-order chi connectivity index (χ1) is 11.3. The quantitative estimate of drug-likeness (QED) is 0.783. The van der Waals surface area contributed by atoms with Crippen molar-refractivity contribution in [2.24, 2.45) is 5.92 Å². The van der Waals surface area contributed by atoms with Gasteiger partial charge in [0, 0.05) is 29.6 Å². The predicted octanol–water partition coefficient (Wildman–Crippen LogP) is 4.02. The van der Waals surface area contributed by atoms with Crippen LogP contribution in [0, 0.1) is 5.92 Å². The van der Waals surface area contributed by atoms with Crippen molar-refractivity contribution < 1.29 is 9.53 Å². The zero-order valence-electron chi connectivity index (χ0n) is 13.3. The van der Waals surface area contributed by atoms with Crippen LogP contribution in [0.25, 0.3) is 0 Å². The second-order valence-electron chi connectivity index (χ2n) is 6.53. The number of pyridine rings is 1. The molecule has 1 aromatic carbocycles. The van der Waals surface area contributed by atoms with E-state index in [2.05, 4.69) is 29.2 Å². The van der Waals surface area contributed by atoms with Crippen molar-refractivity contribution in [3.8, 4) is 0 Å². The van der Waals surface area contributed by atoms with E-state index in [9.17, 15) is 4.79 Å². The Bertz CT molecular complexity index is 709. The Morgan fingerprint density at radius 2 is 1.87 bits per heavy atom. The molecule has 4 rings (SSSR count). The third kappa shape index (κ3) is 2.76. The summed E-state index contributed by atoms with van der Waals surface area (Å²) in [5.41, 5.74) is 3.64. The molecule has 23 heavy (non-hydrogen) atoms. The smallest absolute Gasteiger partial charge is 0.310 e. The zero-order chi connectivity index (χ0) is 15.8. The molecule has 118 valence electrons. The molecule has 0 saturated heterocycles. The highest BCUT2D eigenvalue weighted by Crippen LogP contribution is 2.61. The van der Waals surface area contributed by atoms with Gasteiger partial charge in [-0.1, -0.05) is 30.3 Å². The second-order valence-corrected chi connectivity index (χ2v) is 6.53. The normalized spacial score (nSPS) is 25.9.